The molecule has 7 heteroatoms. The lowest BCUT2D eigenvalue weighted by Gasteiger charge is -2.21. The predicted octanol–water partition coefficient (Wildman–Crippen LogP) is 1.93. The fraction of sp³-hybridized carbons (Fsp3) is 0.389. The quantitative estimate of drug-likeness (QED) is 0.798. The molecule has 2 aromatic rings. The molecular weight excluding hydrogens is 322 g/mol. The Morgan fingerprint density at radius 2 is 2.00 bits per heavy atom. The molecule has 0 saturated carbocycles. The smallest absolute Gasteiger partial charge is 0.263 e. The molecule has 132 valence electrons. The Labute approximate surface area is 146 Å². The van der Waals surface area contributed by atoms with E-state index in [9.17, 15) is 4.79 Å². The van der Waals surface area contributed by atoms with Gasteiger partial charge in [-0.1, -0.05) is 18.2 Å². The zero-order chi connectivity index (χ0) is 17.6. The van der Waals surface area contributed by atoms with Crippen molar-refractivity contribution in [1.82, 2.24) is 14.9 Å². The van der Waals surface area contributed by atoms with E-state index in [-0.39, 0.29) is 12.0 Å². The highest BCUT2D eigenvalue weighted by Gasteiger charge is 2.31. The van der Waals surface area contributed by atoms with E-state index < -0.39 is 6.10 Å². The van der Waals surface area contributed by atoms with Crippen LogP contribution in [0.1, 0.15) is 13.3 Å². The number of ether oxygens (including phenoxy) is 3. The van der Waals surface area contributed by atoms with Gasteiger partial charge in [0.2, 0.25) is 11.8 Å². The predicted molar refractivity (Wildman–Crippen MR) is 90.7 cm³/mol. The average Bonchev–Trinajstić information content (AvgIpc) is 3.10. The number of amides is 1. The third-order valence-corrected chi connectivity index (χ3v) is 3.95. The Kier molecular flexibility index (Phi) is 5.33. The number of carbonyl (C=O) groups is 1. The van der Waals surface area contributed by atoms with E-state index in [2.05, 4.69) is 9.97 Å². The van der Waals surface area contributed by atoms with Gasteiger partial charge in [-0.15, -0.1) is 0 Å². The maximum absolute atomic E-state index is 12.5. The van der Waals surface area contributed by atoms with Gasteiger partial charge in [0.1, 0.15) is 11.9 Å². The molecule has 2 atom stereocenters. The van der Waals surface area contributed by atoms with Gasteiger partial charge in [0.15, 0.2) is 6.10 Å². The van der Waals surface area contributed by atoms with E-state index in [0.29, 0.717) is 30.6 Å². The van der Waals surface area contributed by atoms with E-state index in [1.54, 1.807) is 11.8 Å². The molecule has 1 saturated heterocycles. The van der Waals surface area contributed by atoms with Gasteiger partial charge in [-0.25, -0.2) is 0 Å². The Morgan fingerprint density at radius 3 is 2.76 bits per heavy atom. The van der Waals surface area contributed by atoms with Crippen LogP contribution in [0.15, 0.2) is 42.7 Å². The Balaban J connectivity index is 1.53. The maximum Gasteiger partial charge on any atom is 0.263 e. The minimum atomic E-state index is -0.544. The van der Waals surface area contributed by atoms with E-state index in [1.165, 1.54) is 19.5 Å². The zero-order valence-electron chi connectivity index (χ0n) is 14.3. The number of para-hydroxylation sites is 1. The van der Waals surface area contributed by atoms with Crippen molar-refractivity contribution in [3.05, 3.63) is 42.7 Å². The number of rotatable bonds is 6. The fourth-order valence-electron chi connectivity index (χ4n) is 2.69. The van der Waals surface area contributed by atoms with Crippen molar-refractivity contribution in [3.8, 4) is 17.5 Å². The molecule has 1 fully saturated rings. The molecule has 0 bridgehead atoms. The molecule has 0 spiro atoms. The molecule has 1 aliphatic heterocycles. The topological polar surface area (TPSA) is 73.8 Å². The first kappa shape index (κ1) is 17.0. The standard InChI is InChI=1S/C18H21N3O4/c1-13(24-14-6-4-3-5-7-14)18(22)21-9-8-15(12-21)25-17-11-19-10-16(20-17)23-2/h3-7,10-11,13,15H,8-9,12H2,1-2H3. The number of hydrogen-bond donors (Lipinski definition) is 0. The van der Waals surface area contributed by atoms with Crippen LogP contribution in [-0.2, 0) is 4.79 Å². The molecule has 0 aliphatic carbocycles. The lowest BCUT2D eigenvalue weighted by atomic mass is 10.3. The zero-order valence-corrected chi connectivity index (χ0v) is 14.3. The number of carbonyl (C=O) groups excluding carboxylic acids is 1. The van der Waals surface area contributed by atoms with Crippen LogP contribution < -0.4 is 14.2 Å². The third-order valence-electron chi connectivity index (χ3n) is 3.95. The van der Waals surface area contributed by atoms with Gasteiger partial charge in [0, 0.05) is 13.0 Å². The summed E-state index contributed by atoms with van der Waals surface area (Å²) in [7, 11) is 1.53. The number of benzene rings is 1. The average molecular weight is 343 g/mol. The molecule has 1 aromatic heterocycles. The van der Waals surface area contributed by atoms with Gasteiger partial charge in [0.05, 0.1) is 26.0 Å². The Bertz CT molecular complexity index is 710. The van der Waals surface area contributed by atoms with Gasteiger partial charge in [-0.3, -0.25) is 9.78 Å². The lowest BCUT2D eigenvalue weighted by Crippen LogP contribution is -2.40. The molecule has 0 radical (unpaired) electrons. The highest BCUT2D eigenvalue weighted by molar-refractivity contribution is 5.81. The SMILES string of the molecule is COc1cncc(OC2CCN(C(=O)C(C)Oc3ccccc3)C2)n1. The van der Waals surface area contributed by atoms with Crippen molar-refractivity contribution < 1.29 is 19.0 Å². The first-order chi connectivity index (χ1) is 12.2. The van der Waals surface area contributed by atoms with E-state index >= 15 is 0 Å². The van der Waals surface area contributed by atoms with Crippen LogP contribution in [-0.4, -0.2) is 53.2 Å². The number of aromatic nitrogens is 2. The summed E-state index contributed by atoms with van der Waals surface area (Å²) < 4.78 is 16.5. The highest BCUT2D eigenvalue weighted by Crippen LogP contribution is 2.19. The van der Waals surface area contributed by atoms with Crippen molar-refractivity contribution >= 4 is 5.91 Å². The summed E-state index contributed by atoms with van der Waals surface area (Å²) >= 11 is 0. The van der Waals surface area contributed by atoms with Gasteiger partial charge < -0.3 is 19.1 Å². The number of likely N-dealkylation sites (tertiary alicyclic amines) is 1. The summed E-state index contributed by atoms with van der Waals surface area (Å²) in [4.78, 5) is 22.5. The summed E-state index contributed by atoms with van der Waals surface area (Å²) in [6.45, 7) is 2.89. The summed E-state index contributed by atoms with van der Waals surface area (Å²) in [6, 6.07) is 9.33. The second-order valence-corrected chi connectivity index (χ2v) is 5.79. The number of nitrogens with zero attached hydrogens (tertiary/aromatic N) is 3. The van der Waals surface area contributed by atoms with Gasteiger partial charge in [-0.2, -0.15) is 4.98 Å². The van der Waals surface area contributed by atoms with Crippen LogP contribution in [0.3, 0.4) is 0 Å². The minimum Gasteiger partial charge on any atom is -0.481 e. The van der Waals surface area contributed by atoms with Crippen molar-refractivity contribution in [2.45, 2.75) is 25.6 Å². The summed E-state index contributed by atoms with van der Waals surface area (Å²) in [5.74, 6) is 1.43. The van der Waals surface area contributed by atoms with Crippen LogP contribution >= 0.6 is 0 Å². The van der Waals surface area contributed by atoms with Gasteiger partial charge >= 0.3 is 0 Å². The van der Waals surface area contributed by atoms with Gasteiger partial charge in [-0.05, 0) is 19.1 Å². The fourth-order valence-corrected chi connectivity index (χ4v) is 2.69. The third kappa shape index (κ3) is 4.37. The molecule has 0 N–H and O–H groups in total. The first-order valence-corrected chi connectivity index (χ1v) is 8.19. The molecule has 2 unspecified atom stereocenters. The Morgan fingerprint density at radius 1 is 1.24 bits per heavy atom. The van der Waals surface area contributed by atoms with Gasteiger partial charge in [0.25, 0.3) is 5.91 Å². The second kappa shape index (κ2) is 7.83. The Hall–Kier alpha value is -2.83. The van der Waals surface area contributed by atoms with Crippen LogP contribution in [0, 0.1) is 0 Å². The van der Waals surface area contributed by atoms with Crippen molar-refractivity contribution in [3.63, 3.8) is 0 Å². The molecule has 7 nitrogen and oxygen atoms in total. The largest absolute Gasteiger partial charge is 0.481 e. The maximum atomic E-state index is 12.5. The van der Waals surface area contributed by atoms with Crippen molar-refractivity contribution in [2.75, 3.05) is 20.2 Å². The second-order valence-electron chi connectivity index (χ2n) is 5.79. The summed E-state index contributed by atoms with van der Waals surface area (Å²) in [5.41, 5.74) is 0. The highest BCUT2D eigenvalue weighted by atomic mass is 16.5. The minimum absolute atomic E-state index is 0.0494. The monoisotopic (exact) mass is 343 g/mol. The lowest BCUT2D eigenvalue weighted by molar-refractivity contribution is -0.137. The van der Waals surface area contributed by atoms with E-state index in [0.717, 1.165) is 6.42 Å². The van der Waals surface area contributed by atoms with Crippen LogP contribution in [0.4, 0.5) is 0 Å². The molecule has 1 aliphatic rings. The number of methoxy groups -OCH3 is 1. The first-order valence-electron chi connectivity index (χ1n) is 8.19. The van der Waals surface area contributed by atoms with E-state index in [4.69, 9.17) is 14.2 Å². The van der Waals surface area contributed by atoms with Crippen molar-refractivity contribution in [1.29, 1.82) is 0 Å². The molecule has 3 rings (SSSR count). The molecule has 1 amide bonds. The number of hydrogen-bond acceptors (Lipinski definition) is 6. The molecule has 2 heterocycles. The van der Waals surface area contributed by atoms with Crippen LogP contribution in [0.2, 0.25) is 0 Å². The van der Waals surface area contributed by atoms with Crippen LogP contribution in [0.5, 0.6) is 17.5 Å². The molecule has 25 heavy (non-hydrogen) atoms. The van der Waals surface area contributed by atoms with E-state index in [1.807, 2.05) is 30.3 Å². The molecule has 1 aromatic carbocycles. The van der Waals surface area contributed by atoms with Crippen LogP contribution in [0.25, 0.3) is 0 Å². The molecular formula is C18H21N3O4. The summed E-state index contributed by atoms with van der Waals surface area (Å²) in [5, 5.41) is 0. The normalized spacial score (nSPS) is 17.8. The summed E-state index contributed by atoms with van der Waals surface area (Å²) in [6.07, 6.45) is 3.13. The van der Waals surface area contributed by atoms with Crippen molar-refractivity contribution in [2.24, 2.45) is 0 Å².